The van der Waals surface area contributed by atoms with Gasteiger partial charge in [0, 0.05) is 18.4 Å². The molecule has 0 aliphatic carbocycles. The number of hydrogen-bond acceptors (Lipinski definition) is 3. The molecule has 0 radical (unpaired) electrons. The molecule has 0 saturated carbocycles. The van der Waals surface area contributed by atoms with Crippen LogP contribution in [0.15, 0.2) is 84.9 Å². The first kappa shape index (κ1) is 18.8. The van der Waals surface area contributed by atoms with E-state index in [-0.39, 0.29) is 18.6 Å². The van der Waals surface area contributed by atoms with Crippen molar-refractivity contribution in [2.24, 2.45) is 0 Å². The predicted molar refractivity (Wildman–Crippen MR) is 106 cm³/mol. The maximum atomic E-state index is 12.5. The molecule has 0 saturated heterocycles. The van der Waals surface area contributed by atoms with Gasteiger partial charge in [0.25, 0.3) is 0 Å². The Kier molecular flexibility index (Phi) is 6.74. The second-order valence-electron chi connectivity index (χ2n) is 6.15. The Bertz CT molecular complexity index is 810. The van der Waals surface area contributed by atoms with E-state index >= 15 is 0 Å². The molecule has 0 atom stereocenters. The fourth-order valence-corrected chi connectivity index (χ4v) is 2.91. The van der Waals surface area contributed by atoms with Crippen molar-refractivity contribution >= 4 is 11.6 Å². The highest BCUT2D eigenvalue weighted by molar-refractivity contribution is 5.92. The van der Waals surface area contributed by atoms with E-state index < -0.39 is 0 Å². The van der Waals surface area contributed by atoms with Crippen molar-refractivity contribution < 1.29 is 14.3 Å². The molecule has 0 fully saturated rings. The number of methoxy groups -OCH3 is 1. The summed E-state index contributed by atoms with van der Waals surface area (Å²) in [5.74, 6) is -0.199. The second kappa shape index (κ2) is 9.67. The number of carbonyl (C=O) groups excluding carboxylic acids is 1. The number of amides is 1. The zero-order valence-corrected chi connectivity index (χ0v) is 15.3. The van der Waals surface area contributed by atoms with Crippen LogP contribution in [-0.4, -0.2) is 19.6 Å². The van der Waals surface area contributed by atoms with Crippen LogP contribution in [0.1, 0.15) is 22.8 Å². The molecule has 27 heavy (non-hydrogen) atoms. The van der Waals surface area contributed by atoms with Crippen LogP contribution in [0.4, 0.5) is 5.69 Å². The topological polar surface area (TPSA) is 47.6 Å². The van der Waals surface area contributed by atoms with Crippen LogP contribution >= 0.6 is 0 Å². The lowest BCUT2D eigenvalue weighted by molar-refractivity contribution is -0.121. The molecule has 1 N–H and O–H groups in total. The summed E-state index contributed by atoms with van der Waals surface area (Å²) in [6, 6.07) is 27.4. The van der Waals surface area contributed by atoms with E-state index in [0.717, 1.165) is 22.4 Å². The number of nitrogens with one attached hydrogen (secondary N) is 1. The van der Waals surface area contributed by atoms with Crippen LogP contribution < -0.4 is 5.32 Å². The highest BCUT2D eigenvalue weighted by atomic mass is 16.5. The number of anilines is 1. The molecule has 4 heteroatoms. The smallest absolute Gasteiger partial charge is 0.250 e. The van der Waals surface area contributed by atoms with Crippen molar-refractivity contribution in [3.63, 3.8) is 0 Å². The molecule has 3 aromatic carbocycles. The molecule has 0 aliphatic heterocycles. The van der Waals surface area contributed by atoms with Gasteiger partial charge < -0.3 is 14.8 Å². The predicted octanol–water partition coefficient (Wildman–Crippen LogP) is 4.58. The van der Waals surface area contributed by atoms with E-state index in [9.17, 15) is 4.79 Å². The molecule has 3 aromatic rings. The lowest BCUT2D eigenvalue weighted by atomic mass is 10.0. The van der Waals surface area contributed by atoms with Gasteiger partial charge in [-0.3, -0.25) is 4.79 Å². The van der Waals surface area contributed by atoms with Gasteiger partial charge in [-0.15, -0.1) is 0 Å². The maximum absolute atomic E-state index is 12.5. The summed E-state index contributed by atoms with van der Waals surface area (Å²) in [6.07, 6.45) is -0.299. The van der Waals surface area contributed by atoms with Gasteiger partial charge in [0.05, 0.1) is 6.61 Å². The molecule has 0 spiro atoms. The van der Waals surface area contributed by atoms with Gasteiger partial charge >= 0.3 is 0 Å². The molecule has 3 rings (SSSR count). The summed E-state index contributed by atoms with van der Waals surface area (Å²) in [6.45, 7) is 0.393. The standard InChI is InChI=1S/C23H23NO3/c1-26-16-20-14-8-9-15-21(20)24-22(25)17-27-23(18-10-4-2-5-11-18)19-12-6-3-7-13-19/h2-15,23H,16-17H2,1H3,(H,24,25). The van der Waals surface area contributed by atoms with Crippen molar-refractivity contribution in [3.8, 4) is 0 Å². The molecule has 0 aromatic heterocycles. The van der Waals surface area contributed by atoms with Crippen molar-refractivity contribution in [2.75, 3.05) is 19.0 Å². The number of para-hydroxylation sites is 1. The van der Waals surface area contributed by atoms with Gasteiger partial charge in [-0.25, -0.2) is 0 Å². The van der Waals surface area contributed by atoms with Gasteiger partial charge in [-0.2, -0.15) is 0 Å². The Morgan fingerprint density at radius 1 is 0.852 bits per heavy atom. The summed E-state index contributed by atoms with van der Waals surface area (Å²) in [4.78, 5) is 12.5. The summed E-state index contributed by atoms with van der Waals surface area (Å²) in [5.41, 5.74) is 3.69. The summed E-state index contributed by atoms with van der Waals surface area (Å²) in [5, 5.41) is 2.91. The lowest BCUT2D eigenvalue weighted by Crippen LogP contribution is -2.21. The number of rotatable bonds is 8. The Balaban J connectivity index is 1.70. The highest BCUT2D eigenvalue weighted by Crippen LogP contribution is 2.25. The zero-order chi connectivity index (χ0) is 18.9. The van der Waals surface area contributed by atoms with Crippen molar-refractivity contribution in [2.45, 2.75) is 12.7 Å². The number of carbonyl (C=O) groups is 1. The fraction of sp³-hybridized carbons (Fsp3) is 0.174. The Hall–Kier alpha value is -2.95. The minimum absolute atomic E-state index is 0.0459. The minimum atomic E-state index is -0.299. The first-order valence-corrected chi connectivity index (χ1v) is 8.86. The molecule has 0 heterocycles. The third-order valence-corrected chi connectivity index (χ3v) is 4.18. The molecule has 1 amide bonds. The second-order valence-corrected chi connectivity index (χ2v) is 6.15. The minimum Gasteiger partial charge on any atom is -0.380 e. The average Bonchev–Trinajstić information content (AvgIpc) is 2.71. The molecule has 138 valence electrons. The molecular formula is C23H23NO3. The van der Waals surface area contributed by atoms with E-state index in [1.807, 2.05) is 84.9 Å². The summed E-state index contributed by atoms with van der Waals surface area (Å²) < 4.78 is 11.2. The normalized spacial score (nSPS) is 10.7. The Labute approximate surface area is 159 Å². The molecule has 4 nitrogen and oxygen atoms in total. The van der Waals surface area contributed by atoms with Crippen LogP contribution in [0.25, 0.3) is 0 Å². The highest BCUT2D eigenvalue weighted by Gasteiger charge is 2.16. The maximum Gasteiger partial charge on any atom is 0.250 e. The number of hydrogen-bond donors (Lipinski definition) is 1. The van der Waals surface area contributed by atoms with Crippen LogP contribution in [-0.2, 0) is 20.9 Å². The zero-order valence-electron chi connectivity index (χ0n) is 15.3. The van der Waals surface area contributed by atoms with Crippen molar-refractivity contribution in [1.82, 2.24) is 0 Å². The quantitative estimate of drug-likeness (QED) is 0.639. The first-order chi connectivity index (χ1) is 13.3. The van der Waals surface area contributed by atoms with Crippen LogP contribution in [0.2, 0.25) is 0 Å². The van der Waals surface area contributed by atoms with Crippen molar-refractivity contribution in [3.05, 3.63) is 102 Å². The first-order valence-electron chi connectivity index (χ1n) is 8.86. The van der Waals surface area contributed by atoms with Gasteiger partial charge in [0.2, 0.25) is 5.91 Å². The van der Waals surface area contributed by atoms with E-state index in [2.05, 4.69) is 5.32 Å². The Morgan fingerprint density at radius 2 is 1.41 bits per heavy atom. The van der Waals surface area contributed by atoms with Crippen LogP contribution in [0.5, 0.6) is 0 Å². The van der Waals surface area contributed by atoms with Crippen LogP contribution in [0, 0.1) is 0 Å². The van der Waals surface area contributed by atoms with Crippen LogP contribution in [0.3, 0.4) is 0 Å². The summed E-state index contributed by atoms with van der Waals surface area (Å²) in [7, 11) is 1.63. The molecule has 0 aliphatic rings. The third kappa shape index (κ3) is 5.26. The van der Waals surface area contributed by atoms with E-state index in [1.54, 1.807) is 7.11 Å². The van der Waals surface area contributed by atoms with Gasteiger partial charge in [0.1, 0.15) is 12.7 Å². The fourth-order valence-electron chi connectivity index (χ4n) is 2.91. The average molecular weight is 361 g/mol. The van der Waals surface area contributed by atoms with Crippen molar-refractivity contribution in [1.29, 1.82) is 0 Å². The van der Waals surface area contributed by atoms with E-state index in [0.29, 0.717) is 6.61 Å². The third-order valence-electron chi connectivity index (χ3n) is 4.18. The molecule has 0 bridgehead atoms. The largest absolute Gasteiger partial charge is 0.380 e. The van der Waals surface area contributed by atoms with E-state index in [4.69, 9.17) is 9.47 Å². The van der Waals surface area contributed by atoms with Gasteiger partial charge in [-0.05, 0) is 17.2 Å². The lowest BCUT2D eigenvalue weighted by Gasteiger charge is -2.19. The summed E-state index contributed by atoms with van der Waals surface area (Å²) >= 11 is 0. The number of benzene rings is 3. The molecular weight excluding hydrogens is 338 g/mol. The molecule has 0 unspecified atom stereocenters. The SMILES string of the molecule is COCc1ccccc1NC(=O)COC(c1ccccc1)c1ccccc1. The number of ether oxygens (including phenoxy) is 2. The van der Waals surface area contributed by atoms with Gasteiger partial charge in [-0.1, -0.05) is 78.9 Å². The monoisotopic (exact) mass is 361 g/mol. The van der Waals surface area contributed by atoms with E-state index in [1.165, 1.54) is 0 Å². The van der Waals surface area contributed by atoms with Gasteiger partial charge in [0.15, 0.2) is 0 Å². The Morgan fingerprint density at radius 3 is 2.00 bits per heavy atom.